The van der Waals surface area contributed by atoms with E-state index in [0.29, 0.717) is 12.1 Å². The number of rotatable bonds is 10. The van der Waals surface area contributed by atoms with Crippen LogP contribution in [0.2, 0.25) is 0 Å². The van der Waals surface area contributed by atoms with Crippen LogP contribution in [0.25, 0.3) is 0 Å². The summed E-state index contributed by atoms with van der Waals surface area (Å²) in [6, 6.07) is 0. The predicted octanol–water partition coefficient (Wildman–Crippen LogP) is 1.44. The average Bonchev–Trinajstić information content (AvgIpc) is 2.48. The molecule has 0 spiro atoms. The van der Waals surface area contributed by atoms with Crippen LogP contribution in [0.5, 0.6) is 0 Å². The van der Waals surface area contributed by atoms with Gasteiger partial charge in [-0.2, -0.15) is 0 Å². The lowest BCUT2D eigenvalue weighted by atomic mass is 10.3. The van der Waals surface area contributed by atoms with Crippen LogP contribution in [0.15, 0.2) is 4.99 Å². The van der Waals surface area contributed by atoms with Gasteiger partial charge in [0.2, 0.25) is 0 Å². The van der Waals surface area contributed by atoms with E-state index in [0.717, 1.165) is 71.8 Å². The molecule has 0 amide bonds. The fourth-order valence-electron chi connectivity index (χ4n) is 2.14. The summed E-state index contributed by atoms with van der Waals surface area (Å²) in [4.78, 5) is 6.76. The highest BCUT2D eigenvalue weighted by Crippen LogP contribution is 1.98. The minimum absolute atomic E-state index is 0. The van der Waals surface area contributed by atoms with E-state index in [1.165, 1.54) is 0 Å². The number of ether oxygens (including phenoxy) is 2. The first-order chi connectivity index (χ1) is 10.2. The van der Waals surface area contributed by atoms with Gasteiger partial charge in [-0.25, -0.2) is 0 Å². The number of unbranched alkanes of at least 4 members (excludes halogenated alkanes) is 1. The summed E-state index contributed by atoms with van der Waals surface area (Å²) in [7, 11) is 0. The minimum Gasteiger partial charge on any atom is -0.379 e. The van der Waals surface area contributed by atoms with E-state index in [1.54, 1.807) is 0 Å². The number of aliphatic imine (C=N–C) groups is 1. The molecule has 0 aliphatic carbocycles. The molecule has 0 radical (unpaired) electrons. The zero-order chi connectivity index (χ0) is 15.3. The smallest absolute Gasteiger partial charge is 0.188 e. The second kappa shape index (κ2) is 14.5. The van der Waals surface area contributed by atoms with E-state index >= 15 is 0 Å². The Bertz CT molecular complexity index is 285. The molecule has 1 fully saturated rings. The van der Waals surface area contributed by atoms with Gasteiger partial charge in [-0.15, -0.1) is 24.0 Å². The van der Waals surface area contributed by atoms with Crippen LogP contribution in [0.1, 0.15) is 33.1 Å². The topological polar surface area (TPSA) is 72.1 Å². The lowest BCUT2D eigenvalue weighted by Crippen LogP contribution is -2.37. The highest BCUT2D eigenvalue weighted by atomic mass is 127. The number of nitrogens with two attached hydrogens (primary N) is 1. The number of guanidine groups is 1. The first-order valence-corrected chi connectivity index (χ1v) is 8.14. The molecule has 1 rings (SSSR count). The second-order valence-corrected chi connectivity index (χ2v) is 5.63. The summed E-state index contributed by atoms with van der Waals surface area (Å²) in [6.07, 6.45) is 3.47. The van der Waals surface area contributed by atoms with Crippen LogP contribution < -0.4 is 11.1 Å². The summed E-state index contributed by atoms with van der Waals surface area (Å²) >= 11 is 0. The SMILES string of the molecule is CC(C)OCCCCNC(N)=NCCCN1CCOCC1.I. The van der Waals surface area contributed by atoms with Crippen LogP contribution in [-0.4, -0.2) is 69.5 Å². The molecule has 0 bridgehead atoms. The normalized spacial score (nSPS) is 16.6. The van der Waals surface area contributed by atoms with Crippen LogP contribution in [0.4, 0.5) is 0 Å². The second-order valence-electron chi connectivity index (χ2n) is 5.63. The average molecular weight is 428 g/mol. The number of nitrogens with zero attached hydrogens (tertiary/aromatic N) is 2. The van der Waals surface area contributed by atoms with Gasteiger partial charge in [-0.3, -0.25) is 9.89 Å². The molecule has 1 heterocycles. The Morgan fingerprint density at radius 2 is 2.00 bits per heavy atom. The molecule has 7 heteroatoms. The molecule has 0 saturated carbocycles. The van der Waals surface area contributed by atoms with E-state index in [1.807, 2.05) is 0 Å². The standard InChI is InChI=1S/C15H32N4O2.HI/c1-14(2)21-11-4-3-6-17-15(16)18-7-5-8-19-9-12-20-13-10-19;/h14H,3-13H2,1-2H3,(H3,16,17,18);1H. The van der Waals surface area contributed by atoms with E-state index < -0.39 is 0 Å². The molecule has 6 nitrogen and oxygen atoms in total. The molecule has 0 aromatic rings. The first kappa shape index (κ1) is 21.9. The van der Waals surface area contributed by atoms with E-state index in [9.17, 15) is 0 Å². The Balaban J connectivity index is 0.00000441. The van der Waals surface area contributed by atoms with Crippen molar-refractivity contribution in [1.82, 2.24) is 10.2 Å². The summed E-state index contributed by atoms with van der Waals surface area (Å²) in [6.45, 7) is 11.4. The van der Waals surface area contributed by atoms with Crippen molar-refractivity contribution in [3.8, 4) is 0 Å². The molecule has 0 aromatic heterocycles. The van der Waals surface area contributed by atoms with Crippen LogP contribution in [0.3, 0.4) is 0 Å². The van der Waals surface area contributed by atoms with Crippen LogP contribution in [-0.2, 0) is 9.47 Å². The van der Waals surface area contributed by atoms with Crippen molar-refractivity contribution in [2.24, 2.45) is 10.7 Å². The van der Waals surface area contributed by atoms with E-state index in [-0.39, 0.29) is 24.0 Å². The molecule has 1 aliphatic rings. The zero-order valence-electron chi connectivity index (χ0n) is 14.1. The number of morpholine rings is 1. The minimum atomic E-state index is 0. The van der Waals surface area contributed by atoms with Gasteiger partial charge < -0.3 is 20.5 Å². The highest BCUT2D eigenvalue weighted by molar-refractivity contribution is 14.0. The zero-order valence-corrected chi connectivity index (χ0v) is 16.4. The molecule has 0 atom stereocenters. The Hall–Kier alpha value is -0.120. The van der Waals surface area contributed by atoms with Crippen molar-refractivity contribution < 1.29 is 9.47 Å². The molecule has 0 unspecified atom stereocenters. The van der Waals surface area contributed by atoms with Crippen molar-refractivity contribution in [2.75, 3.05) is 52.5 Å². The number of hydrogen-bond acceptors (Lipinski definition) is 4. The van der Waals surface area contributed by atoms with Gasteiger partial charge in [0, 0.05) is 39.3 Å². The van der Waals surface area contributed by atoms with Gasteiger partial charge >= 0.3 is 0 Å². The van der Waals surface area contributed by atoms with Crippen LogP contribution in [0, 0.1) is 0 Å². The largest absolute Gasteiger partial charge is 0.379 e. The van der Waals surface area contributed by atoms with E-state index in [4.69, 9.17) is 15.2 Å². The maximum atomic E-state index is 5.83. The molecule has 22 heavy (non-hydrogen) atoms. The molecular weight excluding hydrogens is 395 g/mol. The molecule has 1 saturated heterocycles. The summed E-state index contributed by atoms with van der Waals surface area (Å²) in [5.41, 5.74) is 5.83. The van der Waals surface area contributed by atoms with Gasteiger partial charge in [-0.1, -0.05) is 0 Å². The monoisotopic (exact) mass is 428 g/mol. The van der Waals surface area contributed by atoms with Gasteiger partial charge in [0.1, 0.15) is 0 Å². The van der Waals surface area contributed by atoms with Crippen molar-refractivity contribution in [3.05, 3.63) is 0 Å². The quantitative estimate of drug-likeness (QED) is 0.239. The summed E-state index contributed by atoms with van der Waals surface area (Å²) in [5.74, 6) is 0.557. The Morgan fingerprint density at radius 1 is 1.27 bits per heavy atom. The maximum absolute atomic E-state index is 5.83. The first-order valence-electron chi connectivity index (χ1n) is 8.14. The van der Waals surface area contributed by atoms with Gasteiger partial charge in [-0.05, 0) is 33.1 Å². The van der Waals surface area contributed by atoms with Crippen molar-refractivity contribution in [3.63, 3.8) is 0 Å². The van der Waals surface area contributed by atoms with E-state index in [2.05, 4.69) is 29.1 Å². The molecule has 132 valence electrons. The van der Waals surface area contributed by atoms with Gasteiger partial charge in [0.15, 0.2) is 5.96 Å². The fraction of sp³-hybridized carbons (Fsp3) is 0.933. The summed E-state index contributed by atoms with van der Waals surface area (Å²) < 4.78 is 10.8. The molecule has 3 N–H and O–H groups in total. The number of halogens is 1. The van der Waals surface area contributed by atoms with Gasteiger partial charge in [0.05, 0.1) is 19.3 Å². The Labute approximate surface area is 152 Å². The van der Waals surface area contributed by atoms with Gasteiger partial charge in [0.25, 0.3) is 0 Å². The lowest BCUT2D eigenvalue weighted by molar-refractivity contribution is 0.0377. The lowest BCUT2D eigenvalue weighted by Gasteiger charge is -2.26. The third-order valence-corrected chi connectivity index (χ3v) is 3.35. The predicted molar refractivity (Wildman–Crippen MR) is 102 cm³/mol. The Kier molecular flexibility index (Phi) is 14.4. The maximum Gasteiger partial charge on any atom is 0.188 e. The fourth-order valence-corrected chi connectivity index (χ4v) is 2.14. The number of hydrogen-bond donors (Lipinski definition) is 2. The summed E-state index contributed by atoms with van der Waals surface area (Å²) in [5, 5.41) is 3.15. The van der Waals surface area contributed by atoms with Crippen LogP contribution >= 0.6 is 24.0 Å². The Morgan fingerprint density at radius 3 is 2.68 bits per heavy atom. The molecule has 0 aromatic carbocycles. The highest BCUT2D eigenvalue weighted by Gasteiger charge is 2.08. The molecular formula is C15H33IN4O2. The third kappa shape index (κ3) is 12.4. The molecule has 1 aliphatic heterocycles. The number of nitrogens with one attached hydrogen (secondary N) is 1. The van der Waals surface area contributed by atoms with Crippen molar-refractivity contribution in [2.45, 2.75) is 39.2 Å². The van der Waals surface area contributed by atoms with Crippen molar-refractivity contribution in [1.29, 1.82) is 0 Å². The third-order valence-electron chi connectivity index (χ3n) is 3.35. The van der Waals surface area contributed by atoms with Crippen molar-refractivity contribution >= 4 is 29.9 Å².